The van der Waals surface area contributed by atoms with Gasteiger partial charge >= 0.3 is 0 Å². The molecule has 8 heteroatoms. The van der Waals surface area contributed by atoms with Crippen LogP contribution in [0.2, 0.25) is 0 Å². The maximum Gasteiger partial charge on any atom is 0.266 e. The quantitative estimate of drug-likeness (QED) is 0.401. The van der Waals surface area contributed by atoms with Gasteiger partial charge in [-0.3, -0.25) is 9.78 Å². The van der Waals surface area contributed by atoms with Crippen molar-refractivity contribution in [1.82, 2.24) is 14.9 Å². The average Bonchev–Trinajstić information content (AvgIpc) is 2.82. The summed E-state index contributed by atoms with van der Waals surface area (Å²) in [5.74, 6) is 1.69. The molecule has 2 aromatic carbocycles. The summed E-state index contributed by atoms with van der Waals surface area (Å²) in [6.07, 6.45) is 4.33. The minimum absolute atomic E-state index is 0.223. The molecule has 0 amide bonds. The van der Waals surface area contributed by atoms with Crippen molar-refractivity contribution in [2.75, 3.05) is 31.6 Å². The molecule has 1 aliphatic heterocycles. The Balaban J connectivity index is 1.21. The molecule has 0 spiro atoms. The monoisotopic (exact) mass is 512 g/mol. The highest BCUT2D eigenvalue weighted by atomic mass is 79.9. The minimum atomic E-state index is -0.559. The Kier molecular flexibility index (Phi) is 8.15. The van der Waals surface area contributed by atoms with Crippen LogP contribution < -0.4 is 15.6 Å². The van der Waals surface area contributed by atoms with Gasteiger partial charge in [0.2, 0.25) is 5.95 Å². The third-order valence-electron chi connectivity index (χ3n) is 5.84. The van der Waals surface area contributed by atoms with E-state index in [0.29, 0.717) is 28.6 Å². The first-order chi connectivity index (χ1) is 16.0. The average molecular weight is 513 g/mol. The van der Waals surface area contributed by atoms with Crippen molar-refractivity contribution in [2.24, 2.45) is 5.92 Å². The molecule has 2 heterocycles. The number of hydrogen-bond acceptors (Lipinski definition) is 6. The lowest BCUT2D eigenvalue weighted by molar-refractivity contribution is 0.0551. The van der Waals surface area contributed by atoms with Crippen LogP contribution in [-0.4, -0.2) is 52.3 Å². The van der Waals surface area contributed by atoms with Crippen LogP contribution in [0, 0.1) is 5.92 Å². The highest BCUT2D eigenvalue weighted by Gasteiger charge is 2.21. The third-order valence-corrected chi connectivity index (χ3v) is 6.40. The zero-order valence-electron chi connectivity index (χ0n) is 18.4. The largest absolute Gasteiger partial charge is 0.491 e. The molecule has 33 heavy (non-hydrogen) atoms. The number of aromatic amines is 1. The van der Waals surface area contributed by atoms with Crippen LogP contribution in [-0.2, 0) is 6.42 Å². The maximum atomic E-state index is 11.7. The van der Waals surface area contributed by atoms with E-state index in [2.05, 4.69) is 66.4 Å². The number of piperidine rings is 1. The van der Waals surface area contributed by atoms with Crippen molar-refractivity contribution in [1.29, 1.82) is 0 Å². The van der Waals surface area contributed by atoms with Gasteiger partial charge in [-0.25, -0.2) is 4.98 Å². The number of ether oxygens (including phenoxy) is 1. The summed E-state index contributed by atoms with van der Waals surface area (Å²) in [4.78, 5) is 20.8. The molecule has 7 nitrogen and oxygen atoms in total. The molecule has 1 aliphatic rings. The number of aliphatic hydroxyl groups excluding tert-OH is 1. The van der Waals surface area contributed by atoms with Gasteiger partial charge in [0.15, 0.2) is 0 Å². The van der Waals surface area contributed by atoms with Gasteiger partial charge in [-0.1, -0.05) is 36.4 Å². The van der Waals surface area contributed by atoms with E-state index in [9.17, 15) is 9.90 Å². The first-order valence-corrected chi connectivity index (χ1v) is 12.0. The molecule has 1 fully saturated rings. The second kappa shape index (κ2) is 11.4. The van der Waals surface area contributed by atoms with Crippen molar-refractivity contribution in [3.63, 3.8) is 0 Å². The van der Waals surface area contributed by atoms with Crippen molar-refractivity contribution < 1.29 is 9.84 Å². The summed E-state index contributed by atoms with van der Waals surface area (Å²) in [6.45, 7) is 2.85. The molecule has 1 aromatic heterocycles. The Bertz CT molecular complexity index is 1080. The number of rotatable bonds is 9. The topological polar surface area (TPSA) is 90.5 Å². The summed E-state index contributed by atoms with van der Waals surface area (Å²) in [6, 6.07) is 18.0. The molecule has 0 saturated carbocycles. The number of nitrogens with one attached hydrogen (secondary N) is 2. The van der Waals surface area contributed by atoms with Crippen LogP contribution in [0.3, 0.4) is 0 Å². The molecule has 3 N–H and O–H groups in total. The zero-order valence-corrected chi connectivity index (χ0v) is 20.0. The first kappa shape index (κ1) is 23.5. The third kappa shape index (κ3) is 7.15. The van der Waals surface area contributed by atoms with Crippen LogP contribution in [0.15, 0.2) is 70.1 Å². The van der Waals surface area contributed by atoms with E-state index in [1.54, 1.807) is 0 Å². The van der Waals surface area contributed by atoms with Crippen molar-refractivity contribution in [3.8, 4) is 5.75 Å². The van der Waals surface area contributed by atoms with Crippen molar-refractivity contribution in [3.05, 3.63) is 81.2 Å². The normalized spacial score (nSPS) is 15.8. The van der Waals surface area contributed by atoms with E-state index in [-0.39, 0.29) is 12.2 Å². The van der Waals surface area contributed by atoms with Crippen molar-refractivity contribution >= 4 is 27.6 Å². The molecule has 3 aromatic rings. The van der Waals surface area contributed by atoms with Gasteiger partial charge in [0.05, 0.1) is 6.20 Å². The zero-order chi connectivity index (χ0) is 23.0. The molecule has 0 aliphatic carbocycles. The molecule has 4 rings (SSSR count). The van der Waals surface area contributed by atoms with E-state index >= 15 is 0 Å². The van der Waals surface area contributed by atoms with Crippen LogP contribution in [0.25, 0.3) is 0 Å². The number of halogens is 1. The Morgan fingerprint density at radius 2 is 1.97 bits per heavy atom. The predicted molar refractivity (Wildman–Crippen MR) is 133 cm³/mol. The van der Waals surface area contributed by atoms with Gasteiger partial charge in [-0.05, 0) is 71.9 Å². The highest BCUT2D eigenvalue weighted by molar-refractivity contribution is 9.10. The van der Waals surface area contributed by atoms with Crippen LogP contribution in [0.5, 0.6) is 5.75 Å². The van der Waals surface area contributed by atoms with Crippen molar-refractivity contribution in [2.45, 2.75) is 25.4 Å². The summed E-state index contributed by atoms with van der Waals surface area (Å²) in [7, 11) is 0. The predicted octanol–water partition coefficient (Wildman–Crippen LogP) is 3.97. The minimum Gasteiger partial charge on any atom is -0.491 e. The smallest absolute Gasteiger partial charge is 0.266 e. The number of nitrogens with zero attached hydrogens (tertiary/aromatic N) is 2. The van der Waals surface area contributed by atoms with E-state index in [1.807, 2.05) is 24.3 Å². The van der Waals surface area contributed by atoms with Gasteiger partial charge in [0.1, 0.15) is 22.9 Å². The number of anilines is 2. The fraction of sp³-hybridized carbons (Fsp3) is 0.360. The van der Waals surface area contributed by atoms with Gasteiger partial charge in [0, 0.05) is 18.3 Å². The lowest BCUT2D eigenvalue weighted by Gasteiger charge is -2.33. The Labute approximate surface area is 202 Å². The number of aliphatic hydroxyl groups is 1. The number of β-amino-alcohol motifs (C(OH)–C–C–N with tert-alkyl or cyclic N) is 1. The Morgan fingerprint density at radius 3 is 2.73 bits per heavy atom. The molecular formula is C25H29BrN4O3. The molecular weight excluding hydrogens is 484 g/mol. The number of benzene rings is 2. The van der Waals surface area contributed by atoms with Gasteiger partial charge in [-0.15, -0.1) is 0 Å². The van der Waals surface area contributed by atoms with E-state index in [0.717, 1.165) is 38.0 Å². The lowest BCUT2D eigenvalue weighted by Crippen LogP contribution is -2.41. The maximum absolute atomic E-state index is 11.7. The molecule has 0 radical (unpaired) electrons. The number of hydrogen-bond donors (Lipinski definition) is 3. The number of aromatic nitrogens is 2. The lowest BCUT2D eigenvalue weighted by atomic mass is 9.90. The number of likely N-dealkylation sites (tertiary alicyclic amines) is 1. The molecule has 1 atom stereocenters. The van der Waals surface area contributed by atoms with Crippen LogP contribution in [0.4, 0.5) is 11.6 Å². The first-order valence-electron chi connectivity index (χ1n) is 11.2. The molecule has 0 bridgehead atoms. The summed E-state index contributed by atoms with van der Waals surface area (Å²) < 4.78 is 6.19. The van der Waals surface area contributed by atoms with Crippen LogP contribution >= 0.6 is 15.9 Å². The SMILES string of the molecule is O=c1[nH]c(Nc2cccc(OC[C@H](O)CN3CCC(Cc4ccccc4)CC3)c2)ncc1Br. The molecule has 174 valence electrons. The van der Waals surface area contributed by atoms with Crippen LogP contribution in [0.1, 0.15) is 18.4 Å². The van der Waals surface area contributed by atoms with Gasteiger partial charge < -0.3 is 20.1 Å². The fourth-order valence-electron chi connectivity index (χ4n) is 4.11. The Morgan fingerprint density at radius 1 is 1.18 bits per heavy atom. The van der Waals surface area contributed by atoms with E-state index < -0.39 is 6.10 Å². The second-order valence-electron chi connectivity index (χ2n) is 8.46. The van der Waals surface area contributed by atoms with Gasteiger partial charge in [0.25, 0.3) is 5.56 Å². The molecule has 1 saturated heterocycles. The van der Waals surface area contributed by atoms with E-state index in [4.69, 9.17) is 4.74 Å². The van der Waals surface area contributed by atoms with E-state index in [1.165, 1.54) is 11.8 Å². The highest BCUT2D eigenvalue weighted by Crippen LogP contribution is 2.22. The fourth-order valence-corrected chi connectivity index (χ4v) is 4.31. The standard InChI is InChI=1S/C25H29BrN4O3/c26-23-15-27-25(29-24(23)32)28-20-7-4-8-22(14-20)33-17-21(31)16-30-11-9-19(10-12-30)13-18-5-2-1-3-6-18/h1-8,14-15,19,21,31H,9-13,16-17H2,(H2,27,28,29,32)/t21-/m1/s1. The number of H-pyrrole nitrogens is 1. The summed E-state index contributed by atoms with van der Waals surface area (Å²) in [5.41, 5.74) is 1.88. The Hall–Kier alpha value is -2.68. The second-order valence-corrected chi connectivity index (χ2v) is 9.31. The van der Waals surface area contributed by atoms with Gasteiger partial charge in [-0.2, -0.15) is 0 Å². The summed E-state index contributed by atoms with van der Waals surface area (Å²) >= 11 is 3.13. The molecule has 0 unspecified atom stereocenters. The summed E-state index contributed by atoms with van der Waals surface area (Å²) in [5, 5.41) is 13.5.